The molecular formula is C8H8N2O2. The summed E-state index contributed by atoms with van der Waals surface area (Å²) in [4.78, 5) is 13.9. The number of hydrogen-bond donors (Lipinski definition) is 1. The van der Waals surface area contributed by atoms with Gasteiger partial charge in [0.15, 0.2) is 5.84 Å². The van der Waals surface area contributed by atoms with Crippen molar-refractivity contribution in [2.24, 2.45) is 10.9 Å². The number of nitrogens with zero attached hydrogens (tertiary/aromatic N) is 1. The Labute approximate surface area is 69.6 Å². The average Bonchev–Trinajstić information content (AvgIpc) is 2.15. The maximum atomic E-state index is 9.76. The normalized spacial score (nSPS) is 10.8. The highest BCUT2D eigenvalue weighted by molar-refractivity contribution is 5.97. The standard InChI is InChI=1S/C8H8N2O2/c9-8(10-12-6-11)7-4-2-1-3-5-7/h1-6H,(H2,9,10). The Morgan fingerprint density at radius 1 is 1.42 bits per heavy atom. The third-order valence-electron chi connectivity index (χ3n) is 1.26. The fourth-order valence-electron chi connectivity index (χ4n) is 0.740. The van der Waals surface area contributed by atoms with Gasteiger partial charge in [0.25, 0.3) is 0 Å². The summed E-state index contributed by atoms with van der Waals surface area (Å²) in [6.45, 7) is 0.218. The number of nitrogens with two attached hydrogens (primary N) is 1. The molecule has 0 amide bonds. The molecule has 1 aromatic rings. The largest absolute Gasteiger partial charge is 0.380 e. The van der Waals surface area contributed by atoms with Gasteiger partial charge in [-0.2, -0.15) is 0 Å². The summed E-state index contributed by atoms with van der Waals surface area (Å²) in [5.41, 5.74) is 6.17. The van der Waals surface area contributed by atoms with Crippen molar-refractivity contribution in [3.05, 3.63) is 35.9 Å². The highest BCUT2D eigenvalue weighted by atomic mass is 16.7. The quantitative estimate of drug-likeness (QED) is 0.232. The second-order valence-electron chi connectivity index (χ2n) is 2.04. The topological polar surface area (TPSA) is 64.7 Å². The third-order valence-corrected chi connectivity index (χ3v) is 1.26. The van der Waals surface area contributed by atoms with E-state index in [1.54, 1.807) is 12.1 Å². The molecule has 0 radical (unpaired) electrons. The van der Waals surface area contributed by atoms with Crippen molar-refractivity contribution in [1.29, 1.82) is 0 Å². The summed E-state index contributed by atoms with van der Waals surface area (Å²) < 4.78 is 0. The minimum absolute atomic E-state index is 0.183. The van der Waals surface area contributed by atoms with Crippen LogP contribution in [0.25, 0.3) is 0 Å². The van der Waals surface area contributed by atoms with Crippen LogP contribution in [-0.4, -0.2) is 12.3 Å². The SMILES string of the molecule is N/C(=N\OC=O)c1ccccc1. The Balaban J connectivity index is 2.77. The van der Waals surface area contributed by atoms with E-state index in [4.69, 9.17) is 5.73 Å². The monoisotopic (exact) mass is 164 g/mol. The van der Waals surface area contributed by atoms with Gasteiger partial charge in [-0.1, -0.05) is 35.5 Å². The van der Waals surface area contributed by atoms with Crippen molar-refractivity contribution in [1.82, 2.24) is 0 Å². The third kappa shape index (κ3) is 2.09. The minimum Gasteiger partial charge on any atom is -0.380 e. The summed E-state index contributed by atoms with van der Waals surface area (Å²) in [7, 11) is 0. The number of rotatable bonds is 3. The first-order valence-electron chi connectivity index (χ1n) is 3.33. The average molecular weight is 164 g/mol. The van der Waals surface area contributed by atoms with Gasteiger partial charge in [-0.15, -0.1) is 0 Å². The van der Waals surface area contributed by atoms with Crippen LogP contribution in [0.2, 0.25) is 0 Å². The van der Waals surface area contributed by atoms with Crippen LogP contribution in [0.15, 0.2) is 35.5 Å². The van der Waals surface area contributed by atoms with E-state index >= 15 is 0 Å². The molecule has 1 aromatic carbocycles. The molecule has 12 heavy (non-hydrogen) atoms. The van der Waals surface area contributed by atoms with Gasteiger partial charge in [0.2, 0.25) is 0 Å². The van der Waals surface area contributed by atoms with E-state index in [1.165, 1.54) is 0 Å². The molecule has 0 spiro atoms. The first-order valence-corrected chi connectivity index (χ1v) is 3.33. The lowest BCUT2D eigenvalue weighted by Gasteiger charge is -1.96. The van der Waals surface area contributed by atoms with E-state index in [9.17, 15) is 4.79 Å². The molecule has 1 rings (SSSR count). The lowest BCUT2D eigenvalue weighted by atomic mass is 10.2. The summed E-state index contributed by atoms with van der Waals surface area (Å²) >= 11 is 0. The van der Waals surface area contributed by atoms with Crippen LogP contribution >= 0.6 is 0 Å². The number of amidine groups is 1. The molecular weight excluding hydrogens is 156 g/mol. The predicted molar refractivity (Wildman–Crippen MR) is 44.3 cm³/mol. The molecule has 0 heterocycles. The van der Waals surface area contributed by atoms with Crippen LogP contribution < -0.4 is 5.73 Å². The first-order chi connectivity index (χ1) is 5.84. The van der Waals surface area contributed by atoms with Crippen LogP contribution in [0.3, 0.4) is 0 Å². The van der Waals surface area contributed by atoms with Gasteiger partial charge in [0.05, 0.1) is 0 Å². The molecule has 0 unspecified atom stereocenters. The second kappa shape index (κ2) is 4.12. The molecule has 4 nitrogen and oxygen atoms in total. The van der Waals surface area contributed by atoms with Crippen LogP contribution in [0.1, 0.15) is 5.56 Å². The second-order valence-corrected chi connectivity index (χ2v) is 2.04. The zero-order valence-electron chi connectivity index (χ0n) is 6.31. The van der Waals surface area contributed by atoms with Crippen LogP contribution in [0, 0.1) is 0 Å². The summed E-state index contributed by atoms with van der Waals surface area (Å²) in [5, 5.41) is 3.34. The summed E-state index contributed by atoms with van der Waals surface area (Å²) in [6, 6.07) is 9.04. The van der Waals surface area contributed by atoms with E-state index in [0.29, 0.717) is 0 Å². The molecule has 0 saturated carbocycles. The number of benzene rings is 1. The van der Waals surface area contributed by atoms with E-state index in [0.717, 1.165) is 5.56 Å². The van der Waals surface area contributed by atoms with Crippen molar-refractivity contribution in [3.63, 3.8) is 0 Å². The van der Waals surface area contributed by atoms with Crippen LogP contribution in [0.5, 0.6) is 0 Å². The summed E-state index contributed by atoms with van der Waals surface area (Å²) in [5.74, 6) is 0.183. The molecule has 0 atom stereocenters. The van der Waals surface area contributed by atoms with Gasteiger partial charge in [-0.05, 0) is 0 Å². The summed E-state index contributed by atoms with van der Waals surface area (Å²) in [6.07, 6.45) is 0. The fourth-order valence-corrected chi connectivity index (χ4v) is 0.740. The molecule has 0 aliphatic carbocycles. The predicted octanol–water partition coefficient (Wildman–Crippen LogP) is 0.480. The number of carbonyl (C=O) groups is 1. The van der Waals surface area contributed by atoms with Gasteiger partial charge in [0.1, 0.15) is 0 Å². The Hall–Kier alpha value is -1.84. The molecule has 4 heteroatoms. The molecule has 0 bridgehead atoms. The Morgan fingerprint density at radius 3 is 2.67 bits per heavy atom. The van der Waals surface area contributed by atoms with E-state index < -0.39 is 0 Å². The minimum atomic E-state index is 0.183. The smallest absolute Gasteiger partial charge is 0.323 e. The van der Waals surface area contributed by atoms with Crippen LogP contribution in [0.4, 0.5) is 0 Å². The van der Waals surface area contributed by atoms with E-state index in [2.05, 4.69) is 9.99 Å². The molecule has 0 aromatic heterocycles. The van der Waals surface area contributed by atoms with Gasteiger partial charge < -0.3 is 10.6 Å². The van der Waals surface area contributed by atoms with Crippen molar-refractivity contribution in [2.75, 3.05) is 0 Å². The van der Waals surface area contributed by atoms with Crippen molar-refractivity contribution in [2.45, 2.75) is 0 Å². The molecule has 0 saturated heterocycles. The van der Waals surface area contributed by atoms with Gasteiger partial charge in [0, 0.05) is 5.56 Å². The fraction of sp³-hybridized carbons (Fsp3) is 0. The molecule has 2 N–H and O–H groups in total. The lowest BCUT2D eigenvalue weighted by Crippen LogP contribution is -2.13. The lowest BCUT2D eigenvalue weighted by molar-refractivity contribution is -0.128. The number of oxime groups is 1. The number of carbonyl (C=O) groups excluding carboxylic acids is 1. The maximum absolute atomic E-state index is 9.76. The Bertz CT molecular complexity index is 282. The molecule has 0 fully saturated rings. The Kier molecular flexibility index (Phi) is 2.84. The van der Waals surface area contributed by atoms with E-state index in [1.807, 2.05) is 18.2 Å². The van der Waals surface area contributed by atoms with Crippen molar-refractivity contribution in [3.8, 4) is 0 Å². The maximum Gasteiger partial charge on any atom is 0.323 e. The number of hydrogen-bond acceptors (Lipinski definition) is 3. The highest BCUT2D eigenvalue weighted by Gasteiger charge is 1.95. The molecule has 62 valence electrons. The Morgan fingerprint density at radius 2 is 2.08 bits per heavy atom. The van der Waals surface area contributed by atoms with E-state index in [-0.39, 0.29) is 12.3 Å². The van der Waals surface area contributed by atoms with Crippen molar-refractivity contribution < 1.29 is 9.63 Å². The molecule has 0 aliphatic rings. The van der Waals surface area contributed by atoms with Gasteiger partial charge in [-0.3, -0.25) is 4.79 Å². The zero-order valence-corrected chi connectivity index (χ0v) is 6.31. The van der Waals surface area contributed by atoms with Crippen LogP contribution in [-0.2, 0) is 9.63 Å². The van der Waals surface area contributed by atoms with Gasteiger partial charge >= 0.3 is 6.47 Å². The zero-order chi connectivity index (χ0) is 8.81. The molecule has 0 aliphatic heterocycles. The van der Waals surface area contributed by atoms with Gasteiger partial charge in [-0.25, -0.2) is 0 Å². The van der Waals surface area contributed by atoms with Crippen molar-refractivity contribution >= 4 is 12.3 Å². The highest BCUT2D eigenvalue weighted by Crippen LogP contribution is 1.97. The first kappa shape index (κ1) is 8.26.